The smallest absolute Gasteiger partial charge is 0.243 e. The zero-order valence-electron chi connectivity index (χ0n) is 31.9. The van der Waals surface area contributed by atoms with E-state index in [0.717, 1.165) is 38.5 Å². The van der Waals surface area contributed by atoms with Crippen molar-refractivity contribution in [3.63, 3.8) is 0 Å². The number of fused-ring (bicyclic) bond motifs is 2. The fourth-order valence-corrected chi connectivity index (χ4v) is 6.90. The Hall–Kier alpha value is -5.79. The Labute approximate surface area is 327 Å². The zero-order valence-corrected chi connectivity index (χ0v) is 31.9. The lowest BCUT2D eigenvalue weighted by molar-refractivity contribution is -0.134. The van der Waals surface area contributed by atoms with E-state index in [-0.39, 0.29) is 37.4 Å². The molecule has 0 radical (unpaired) electrons. The van der Waals surface area contributed by atoms with E-state index in [1.165, 1.54) is 6.92 Å². The van der Waals surface area contributed by atoms with E-state index < -0.39 is 41.9 Å². The van der Waals surface area contributed by atoms with Crippen molar-refractivity contribution in [1.82, 2.24) is 31.2 Å². The van der Waals surface area contributed by atoms with Crippen LogP contribution >= 0.6 is 0 Å². The van der Waals surface area contributed by atoms with Gasteiger partial charge in [-0.15, -0.1) is 0 Å². The summed E-state index contributed by atoms with van der Waals surface area (Å²) in [5, 5.41) is 13.4. The van der Waals surface area contributed by atoms with Gasteiger partial charge in [-0.05, 0) is 80.9 Å². The molecule has 0 aliphatic carbocycles. The lowest BCUT2D eigenvalue weighted by atomic mass is 10.00. The maximum atomic E-state index is 14.5. The molecule has 0 bridgehead atoms. The number of para-hydroxylation sites is 2. The average molecular weight is 763 g/mol. The van der Waals surface area contributed by atoms with E-state index in [1.54, 1.807) is 6.20 Å². The number of H-pyrrole nitrogens is 2. The van der Waals surface area contributed by atoms with Crippen molar-refractivity contribution < 1.29 is 24.0 Å². The molecule has 56 heavy (non-hydrogen) atoms. The first-order chi connectivity index (χ1) is 27.2. The highest BCUT2D eigenvalue weighted by molar-refractivity contribution is 5.96. The molecule has 0 aliphatic rings. The molecule has 0 saturated carbocycles. The van der Waals surface area contributed by atoms with Gasteiger partial charge in [0.1, 0.15) is 18.1 Å². The summed E-state index contributed by atoms with van der Waals surface area (Å²) >= 11 is 0. The summed E-state index contributed by atoms with van der Waals surface area (Å²) in [6.07, 6.45) is 7.20. The summed E-state index contributed by atoms with van der Waals surface area (Å²) in [5.74, 6) is -2.17. The molecule has 3 aromatic carbocycles. The number of unbranched alkanes of at least 4 members (excludes halogenated alkanes) is 2. The zero-order chi connectivity index (χ0) is 39.9. The maximum Gasteiger partial charge on any atom is 0.243 e. The number of hydrogen-bond donors (Lipinski definition) is 8. The Morgan fingerprint density at radius 2 is 1.02 bits per heavy atom. The molecule has 296 valence electrons. The molecule has 2 heterocycles. The van der Waals surface area contributed by atoms with Gasteiger partial charge < -0.3 is 42.7 Å². The Bertz CT molecular complexity index is 2080. The largest absolute Gasteiger partial charge is 0.361 e. The highest BCUT2D eigenvalue weighted by Gasteiger charge is 2.32. The summed E-state index contributed by atoms with van der Waals surface area (Å²) in [6.45, 7) is 2.34. The normalized spacial score (nSPS) is 13.4. The topological polar surface area (TPSA) is 217 Å². The lowest BCUT2D eigenvalue weighted by Gasteiger charge is -2.26. The minimum Gasteiger partial charge on any atom is -0.361 e. The molecular formula is C43H54N8O5. The minimum atomic E-state index is -1.15. The van der Waals surface area contributed by atoms with Crippen molar-refractivity contribution in [2.75, 3.05) is 13.1 Å². The SMILES string of the molecule is CC(=O)C(CCCCN)NC(=O)C(Cc1ccccc1)NC(=O)C(Cc1c[nH]c2ccccc12)NC(=O)C(Cc1c[nH]c2ccccc12)NC(=O)CCCCN. The number of nitrogens with one attached hydrogen (secondary N) is 6. The number of Topliss-reactive ketones (excluding diaryl/α,β-unsaturated/α-hetero) is 1. The van der Waals surface area contributed by atoms with Gasteiger partial charge in [-0.1, -0.05) is 66.7 Å². The van der Waals surface area contributed by atoms with Gasteiger partial charge in [-0.2, -0.15) is 0 Å². The number of ketones is 1. The van der Waals surface area contributed by atoms with Crippen LogP contribution in [0.25, 0.3) is 21.8 Å². The van der Waals surface area contributed by atoms with Crippen LogP contribution in [-0.4, -0.2) is 76.6 Å². The number of carbonyl (C=O) groups excluding carboxylic acids is 5. The molecule has 0 fully saturated rings. The molecule has 4 unspecified atom stereocenters. The molecule has 13 heteroatoms. The number of aromatic amines is 2. The fourth-order valence-electron chi connectivity index (χ4n) is 6.90. The van der Waals surface area contributed by atoms with Gasteiger partial charge in [0.05, 0.1) is 6.04 Å². The molecule has 4 atom stereocenters. The van der Waals surface area contributed by atoms with Gasteiger partial charge in [0, 0.05) is 59.9 Å². The third-order valence-electron chi connectivity index (χ3n) is 10.0. The van der Waals surface area contributed by atoms with E-state index in [4.69, 9.17) is 11.5 Å². The first-order valence-electron chi connectivity index (χ1n) is 19.4. The van der Waals surface area contributed by atoms with Crippen molar-refractivity contribution >= 4 is 51.2 Å². The van der Waals surface area contributed by atoms with E-state index in [2.05, 4.69) is 31.2 Å². The van der Waals surface area contributed by atoms with Crippen molar-refractivity contribution in [2.45, 2.75) is 88.9 Å². The van der Waals surface area contributed by atoms with E-state index in [0.29, 0.717) is 45.2 Å². The minimum absolute atomic E-state index is 0.0840. The van der Waals surface area contributed by atoms with Crippen LogP contribution < -0.4 is 32.7 Å². The molecule has 4 amide bonds. The molecular weight excluding hydrogens is 709 g/mol. The quantitative estimate of drug-likeness (QED) is 0.0491. The number of benzene rings is 3. The van der Waals surface area contributed by atoms with Gasteiger partial charge in [0.25, 0.3) is 0 Å². The lowest BCUT2D eigenvalue weighted by Crippen LogP contribution is -2.59. The molecule has 5 rings (SSSR count). The first kappa shape index (κ1) is 41.4. The molecule has 5 aromatic rings. The number of rotatable bonds is 22. The summed E-state index contributed by atoms with van der Waals surface area (Å²) in [5.41, 5.74) is 15.5. The van der Waals surface area contributed by atoms with Crippen molar-refractivity contribution in [3.05, 3.63) is 108 Å². The standard InChI is InChI=1S/C43H54N8O5/c1-28(52)34(17-9-11-21-44)49-41(54)37(23-29-13-3-2-4-14-29)50-43(56)39(25-31-27-47-36-19-8-6-16-33(31)36)51-42(55)38(48-40(53)20-10-12-22-45)24-30-26-46-35-18-7-5-15-32(30)35/h2-8,13-16,18-19,26-27,34,37-39,46-47H,9-12,17,20-25,44-45H2,1H3,(H,48,53)(H,49,54)(H,50,56)(H,51,55). The number of amides is 4. The molecule has 0 saturated heterocycles. The van der Waals surface area contributed by atoms with Gasteiger partial charge in [0.2, 0.25) is 23.6 Å². The number of carbonyl (C=O) groups is 5. The van der Waals surface area contributed by atoms with E-state index in [9.17, 15) is 24.0 Å². The van der Waals surface area contributed by atoms with Crippen LogP contribution in [0.5, 0.6) is 0 Å². The second kappa shape index (κ2) is 20.8. The van der Waals surface area contributed by atoms with Crippen LogP contribution in [0.3, 0.4) is 0 Å². The van der Waals surface area contributed by atoms with Crippen LogP contribution in [0, 0.1) is 0 Å². The maximum absolute atomic E-state index is 14.5. The molecule has 0 aliphatic heterocycles. The van der Waals surface area contributed by atoms with Crippen LogP contribution in [-0.2, 0) is 43.2 Å². The second-order valence-corrected chi connectivity index (χ2v) is 14.3. The molecule has 13 nitrogen and oxygen atoms in total. The fraction of sp³-hybridized carbons (Fsp3) is 0.372. The van der Waals surface area contributed by atoms with Gasteiger partial charge in [0.15, 0.2) is 5.78 Å². The van der Waals surface area contributed by atoms with E-state index in [1.807, 2.05) is 85.1 Å². The number of hydrogen-bond acceptors (Lipinski definition) is 7. The Kier molecular flexibility index (Phi) is 15.3. The summed E-state index contributed by atoms with van der Waals surface area (Å²) < 4.78 is 0. The second-order valence-electron chi connectivity index (χ2n) is 14.3. The number of aromatic nitrogens is 2. The highest BCUT2D eigenvalue weighted by atomic mass is 16.2. The van der Waals surface area contributed by atoms with Crippen LogP contribution in [0.2, 0.25) is 0 Å². The van der Waals surface area contributed by atoms with E-state index >= 15 is 0 Å². The third kappa shape index (κ3) is 11.6. The van der Waals surface area contributed by atoms with Crippen molar-refractivity contribution in [3.8, 4) is 0 Å². The average Bonchev–Trinajstić information content (AvgIpc) is 3.81. The third-order valence-corrected chi connectivity index (χ3v) is 10.0. The highest BCUT2D eigenvalue weighted by Crippen LogP contribution is 2.21. The van der Waals surface area contributed by atoms with Gasteiger partial charge in [-0.3, -0.25) is 24.0 Å². The summed E-state index contributed by atoms with van der Waals surface area (Å²) in [6, 6.07) is 20.6. The summed E-state index contributed by atoms with van der Waals surface area (Å²) in [7, 11) is 0. The van der Waals surface area contributed by atoms with Crippen LogP contribution in [0.1, 0.15) is 62.1 Å². The predicted molar refractivity (Wildman–Crippen MR) is 218 cm³/mol. The molecule has 2 aromatic heterocycles. The molecule has 10 N–H and O–H groups in total. The van der Waals surface area contributed by atoms with Gasteiger partial charge in [-0.25, -0.2) is 0 Å². The Morgan fingerprint density at radius 1 is 0.554 bits per heavy atom. The predicted octanol–water partition coefficient (Wildman–Crippen LogP) is 3.46. The Balaban J connectivity index is 1.44. The first-order valence-corrected chi connectivity index (χ1v) is 19.4. The van der Waals surface area contributed by atoms with Gasteiger partial charge >= 0.3 is 0 Å². The van der Waals surface area contributed by atoms with Crippen molar-refractivity contribution in [2.24, 2.45) is 11.5 Å². The van der Waals surface area contributed by atoms with Crippen LogP contribution in [0.15, 0.2) is 91.3 Å². The number of nitrogens with two attached hydrogens (primary N) is 2. The molecule has 0 spiro atoms. The van der Waals surface area contributed by atoms with Crippen molar-refractivity contribution in [1.29, 1.82) is 0 Å². The summed E-state index contributed by atoms with van der Waals surface area (Å²) in [4.78, 5) is 75.0. The Morgan fingerprint density at radius 3 is 1.55 bits per heavy atom. The monoisotopic (exact) mass is 762 g/mol. The van der Waals surface area contributed by atoms with Crippen LogP contribution in [0.4, 0.5) is 0 Å².